The van der Waals surface area contributed by atoms with Crippen molar-refractivity contribution in [2.45, 2.75) is 25.7 Å². The lowest BCUT2D eigenvalue weighted by Crippen LogP contribution is -2.32. The fraction of sp³-hybridized carbons (Fsp3) is 0.538. The third-order valence-electron chi connectivity index (χ3n) is 3.81. The smallest absolute Gasteiger partial charge is 0.178 e. The number of nitrogens with zero attached hydrogens (tertiary/aromatic N) is 4. The van der Waals surface area contributed by atoms with Crippen LogP contribution in [0.3, 0.4) is 0 Å². The van der Waals surface area contributed by atoms with E-state index < -0.39 is 0 Å². The molecule has 0 amide bonds. The van der Waals surface area contributed by atoms with Gasteiger partial charge in [0.2, 0.25) is 0 Å². The monoisotopic (exact) mass is 245 g/mol. The summed E-state index contributed by atoms with van der Waals surface area (Å²) in [5, 5.41) is 4.56. The minimum absolute atomic E-state index is 0.479. The van der Waals surface area contributed by atoms with E-state index in [0.717, 1.165) is 43.9 Å². The topological polar surface area (TPSA) is 59.5 Å². The maximum Gasteiger partial charge on any atom is 0.178 e. The summed E-state index contributed by atoms with van der Waals surface area (Å²) in [7, 11) is 0. The molecule has 0 unspecified atom stereocenters. The molecule has 2 aromatic heterocycles. The molecule has 5 heteroatoms. The first-order chi connectivity index (χ1) is 8.78. The van der Waals surface area contributed by atoms with Gasteiger partial charge in [-0.25, -0.2) is 9.50 Å². The van der Waals surface area contributed by atoms with Crippen molar-refractivity contribution < 1.29 is 0 Å². The van der Waals surface area contributed by atoms with Crippen LogP contribution < -0.4 is 5.73 Å². The van der Waals surface area contributed by atoms with Crippen molar-refractivity contribution in [3.63, 3.8) is 0 Å². The third kappa shape index (κ3) is 1.95. The second kappa shape index (κ2) is 4.57. The Kier molecular flexibility index (Phi) is 2.91. The van der Waals surface area contributed by atoms with Gasteiger partial charge >= 0.3 is 0 Å². The number of likely N-dealkylation sites (tertiary alicyclic amines) is 1. The highest BCUT2D eigenvalue weighted by molar-refractivity contribution is 5.63. The summed E-state index contributed by atoms with van der Waals surface area (Å²) in [6.07, 6.45) is 4.19. The molecule has 18 heavy (non-hydrogen) atoms. The maximum atomic E-state index is 5.91. The Balaban J connectivity index is 1.85. The van der Waals surface area contributed by atoms with Gasteiger partial charge in [-0.3, -0.25) is 0 Å². The number of aromatic nitrogens is 3. The lowest BCUT2D eigenvalue weighted by Gasteiger charge is -2.29. The fourth-order valence-corrected chi connectivity index (χ4v) is 2.62. The van der Waals surface area contributed by atoms with Crippen molar-refractivity contribution >= 4 is 11.3 Å². The summed E-state index contributed by atoms with van der Waals surface area (Å²) >= 11 is 0. The van der Waals surface area contributed by atoms with Crippen LogP contribution in [0.2, 0.25) is 0 Å². The number of anilines is 1. The molecule has 0 spiro atoms. The van der Waals surface area contributed by atoms with Crippen LogP contribution >= 0.6 is 0 Å². The standard InChI is InChI=1S/C13H19N5/c1-2-17-8-5-10(6-9-17)12-15-13-11(14)4-3-7-18(13)16-12/h3-4,7,10H,2,5-6,8-9,14H2,1H3. The summed E-state index contributed by atoms with van der Waals surface area (Å²) < 4.78 is 1.79. The Morgan fingerprint density at radius 2 is 2.17 bits per heavy atom. The normalized spacial score (nSPS) is 18.5. The second-order valence-corrected chi connectivity index (χ2v) is 4.91. The zero-order valence-electron chi connectivity index (χ0n) is 10.7. The summed E-state index contributed by atoms with van der Waals surface area (Å²) in [6.45, 7) is 5.64. The van der Waals surface area contributed by atoms with Crippen molar-refractivity contribution in [3.05, 3.63) is 24.2 Å². The van der Waals surface area contributed by atoms with Gasteiger partial charge in [-0.2, -0.15) is 5.10 Å². The molecule has 1 saturated heterocycles. The SMILES string of the molecule is CCN1CCC(c2nc3c(N)cccn3n2)CC1. The van der Waals surface area contributed by atoms with Crippen LogP contribution in [0, 0.1) is 0 Å². The van der Waals surface area contributed by atoms with Gasteiger partial charge in [-0.05, 0) is 44.6 Å². The molecule has 0 radical (unpaired) electrons. The molecule has 0 aromatic carbocycles. The van der Waals surface area contributed by atoms with Crippen molar-refractivity contribution in [1.29, 1.82) is 0 Å². The predicted octanol–water partition coefficient (Wildman–Crippen LogP) is 1.51. The van der Waals surface area contributed by atoms with Crippen LogP contribution in [0.4, 0.5) is 5.69 Å². The molecule has 0 bridgehead atoms. The molecule has 3 heterocycles. The number of fused-ring (bicyclic) bond motifs is 1. The first-order valence-corrected chi connectivity index (χ1v) is 6.61. The van der Waals surface area contributed by atoms with E-state index in [1.165, 1.54) is 0 Å². The van der Waals surface area contributed by atoms with Crippen molar-refractivity contribution in [1.82, 2.24) is 19.5 Å². The molecule has 1 aliphatic heterocycles. The molecule has 2 N–H and O–H groups in total. The van der Waals surface area contributed by atoms with E-state index in [9.17, 15) is 0 Å². The average molecular weight is 245 g/mol. The van der Waals surface area contributed by atoms with Gasteiger partial charge in [0.25, 0.3) is 0 Å². The molecule has 2 aromatic rings. The van der Waals surface area contributed by atoms with E-state index in [1.54, 1.807) is 4.52 Å². The first-order valence-electron chi connectivity index (χ1n) is 6.61. The number of nitrogens with two attached hydrogens (primary N) is 1. The molecular weight excluding hydrogens is 226 g/mol. The highest BCUT2D eigenvalue weighted by atomic mass is 15.3. The zero-order valence-corrected chi connectivity index (χ0v) is 10.7. The fourth-order valence-electron chi connectivity index (χ4n) is 2.62. The summed E-state index contributed by atoms with van der Waals surface area (Å²) in [6, 6.07) is 3.77. The molecule has 5 nitrogen and oxygen atoms in total. The molecule has 0 saturated carbocycles. The van der Waals surface area contributed by atoms with E-state index in [4.69, 9.17) is 5.73 Å². The average Bonchev–Trinajstić information content (AvgIpc) is 2.84. The summed E-state index contributed by atoms with van der Waals surface area (Å²) in [5.41, 5.74) is 7.39. The van der Waals surface area contributed by atoms with E-state index in [2.05, 4.69) is 21.9 Å². The predicted molar refractivity (Wildman–Crippen MR) is 71.5 cm³/mol. The van der Waals surface area contributed by atoms with Crippen LogP contribution in [0.5, 0.6) is 0 Å². The number of hydrogen-bond acceptors (Lipinski definition) is 4. The lowest BCUT2D eigenvalue weighted by molar-refractivity contribution is 0.219. The number of hydrogen-bond donors (Lipinski definition) is 1. The molecule has 96 valence electrons. The van der Waals surface area contributed by atoms with Gasteiger partial charge in [-0.15, -0.1) is 0 Å². The number of nitrogen functional groups attached to an aromatic ring is 1. The molecule has 1 aliphatic rings. The Hall–Kier alpha value is -1.62. The van der Waals surface area contributed by atoms with E-state index in [1.807, 2.05) is 18.3 Å². The number of piperidine rings is 1. The Bertz CT molecular complexity index is 539. The number of pyridine rings is 1. The minimum atomic E-state index is 0.479. The summed E-state index contributed by atoms with van der Waals surface area (Å²) in [4.78, 5) is 7.07. The second-order valence-electron chi connectivity index (χ2n) is 4.91. The van der Waals surface area contributed by atoms with Gasteiger partial charge in [-0.1, -0.05) is 6.92 Å². The Labute approximate surface area is 107 Å². The molecule has 0 aliphatic carbocycles. The van der Waals surface area contributed by atoms with Gasteiger partial charge in [0, 0.05) is 12.1 Å². The summed E-state index contributed by atoms with van der Waals surface area (Å²) in [5.74, 6) is 1.43. The van der Waals surface area contributed by atoms with Gasteiger partial charge in [0.15, 0.2) is 11.5 Å². The van der Waals surface area contributed by atoms with Crippen LogP contribution in [0.25, 0.3) is 5.65 Å². The van der Waals surface area contributed by atoms with Gasteiger partial charge in [0.05, 0.1) is 5.69 Å². The Morgan fingerprint density at radius 3 is 2.83 bits per heavy atom. The van der Waals surface area contributed by atoms with Crippen LogP contribution in [-0.4, -0.2) is 39.1 Å². The number of rotatable bonds is 2. The van der Waals surface area contributed by atoms with Crippen LogP contribution in [0.15, 0.2) is 18.3 Å². The quantitative estimate of drug-likeness (QED) is 0.871. The first kappa shape index (κ1) is 11.5. The van der Waals surface area contributed by atoms with Gasteiger partial charge in [0.1, 0.15) is 0 Å². The van der Waals surface area contributed by atoms with Crippen LogP contribution in [-0.2, 0) is 0 Å². The van der Waals surface area contributed by atoms with Crippen LogP contribution in [0.1, 0.15) is 31.5 Å². The molecule has 0 atom stereocenters. The van der Waals surface area contributed by atoms with Crippen molar-refractivity contribution in [2.24, 2.45) is 0 Å². The minimum Gasteiger partial charge on any atom is -0.396 e. The molecular formula is C13H19N5. The third-order valence-corrected chi connectivity index (χ3v) is 3.81. The maximum absolute atomic E-state index is 5.91. The molecule has 3 rings (SSSR count). The van der Waals surface area contributed by atoms with E-state index >= 15 is 0 Å². The largest absolute Gasteiger partial charge is 0.396 e. The lowest BCUT2D eigenvalue weighted by atomic mass is 9.96. The van der Waals surface area contributed by atoms with E-state index in [-0.39, 0.29) is 0 Å². The Morgan fingerprint density at radius 1 is 1.39 bits per heavy atom. The van der Waals surface area contributed by atoms with Gasteiger partial charge < -0.3 is 10.6 Å². The zero-order chi connectivity index (χ0) is 12.5. The van der Waals surface area contributed by atoms with E-state index in [0.29, 0.717) is 11.6 Å². The highest BCUT2D eigenvalue weighted by Crippen LogP contribution is 2.26. The van der Waals surface area contributed by atoms with Crippen molar-refractivity contribution in [3.8, 4) is 0 Å². The molecule has 1 fully saturated rings. The van der Waals surface area contributed by atoms with Crippen molar-refractivity contribution in [2.75, 3.05) is 25.4 Å². The highest BCUT2D eigenvalue weighted by Gasteiger charge is 2.23.